The first-order valence-electron chi connectivity index (χ1n) is 11.0. The number of hydrogen-bond donors (Lipinski definition) is 1. The van der Waals surface area contributed by atoms with Crippen LogP contribution in [0, 0.1) is 6.92 Å². The van der Waals surface area contributed by atoms with Crippen LogP contribution < -0.4 is 10.2 Å². The van der Waals surface area contributed by atoms with Gasteiger partial charge in [-0.05, 0) is 55.7 Å². The molecule has 0 saturated carbocycles. The Morgan fingerprint density at radius 3 is 2.42 bits per heavy atom. The minimum atomic E-state index is 0.696. The normalized spacial score (nSPS) is 11.7. The van der Waals surface area contributed by atoms with Crippen LogP contribution in [0.25, 0.3) is 0 Å². The van der Waals surface area contributed by atoms with Crippen LogP contribution in [0.4, 0.5) is 5.69 Å². The first kappa shape index (κ1) is 26.4. The largest absolute Gasteiger partial charge is 0.366 e. The van der Waals surface area contributed by atoms with Gasteiger partial charge in [0.05, 0.1) is 0 Å². The number of nitrogens with zero attached hydrogens (tertiary/aromatic N) is 2. The van der Waals surface area contributed by atoms with Gasteiger partial charge in [-0.1, -0.05) is 92.2 Å². The molecule has 0 saturated heterocycles. The molecular weight excluding hydrogens is 446 g/mol. The highest BCUT2D eigenvalue weighted by molar-refractivity contribution is 9.10. The van der Waals surface area contributed by atoms with E-state index in [0.717, 1.165) is 34.7 Å². The molecule has 0 atom stereocenters. The molecule has 1 N–H and O–H groups in total. The molecule has 166 valence electrons. The highest BCUT2D eigenvalue weighted by Gasteiger charge is 2.11. The Balaban J connectivity index is 0.00000233. The summed E-state index contributed by atoms with van der Waals surface area (Å²) in [5.41, 5.74) is 3.43. The molecule has 3 nitrogen and oxygen atoms in total. The third-order valence-electron chi connectivity index (χ3n) is 4.40. The number of allylic oxidation sites excluding steroid dienone is 2. The SMILES string of the molecule is C=CN(C(/C=C\C)=N/C(=C/CCC)NCc1ccccc1Br)c1ccccc1C.CC. The fourth-order valence-electron chi connectivity index (χ4n) is 2.86. The fraction of sp³-hybridized carbons (Fsp3) is 0.296. The number of anilines is 1. The second-order valence-electron chi connectivity index (χ2n) is 6.63. The van der Waals surface area contributed by atoms with E-state index < -0.39 is 0 Å². The van der Waals surface area contributed by atoms with E-state index in [2.05, 4.69) is 72.0 Å². The van der Waals surface area contributed by atoms with Crippen LogP contribution >= 0.6 is 15.9 Å². The number of unbranched alkanes of at least 4 members (excludes halogenated alkanes) is 1. The number of aliphatic imine (C=N–C) groups is 1. The average Bonchev–Trinajstić information content (AvgIpc) is 2.79. The molecular formula is C27H36BrN3. The van der Waals surface area contributed by atoms with Crippen LogP contribution in [-0.4, -0.2) is 5.84 Å². The van der Waals surface area contributed by atoms with Crippen molar-refractivity contribution in [1.82, 2.24) is 5.32 Å². The van der Waals surface area contributed by atoms with Gasteiger partial charge in [0, 0.05) is 22.9 Å². The molecule has 0 aromatic heterocycles. The molecule has 0 spiro atoms. The van der Waals surface area contributed by atoms with E-state index in [1.165, 1.54) is 11.1 Å². The maximum atomic E-state index is 4.96. The maximum absolute atomic E-state index is 4.96. The van der Waals surface area contributed by atoms with Crippen LogP contribution in [-0.2, 0) is 6.54 Å². The second-order valence-corrected chi connectivity index (χ2v) is 7.49. The Bertz CT molecular complexity index is 897. The lowest BCUT2D eigenvalue weighted by Crippen LogP contribution is -2.25. The van der Waals surface area contributed by atoms with Gasteiger partial charge in [-0.25, -0.2) is 4.99 Å². The molecule has 0 aliphatic heterocycles. The van der Waals surface area contributed by atoms with Gasteiger partial charge in [0.15, 0.2) is 0 Å². The predicted molar refractivity (Wildman–Crippen MR) is 141 cm³/mol. The predicted octanol–water partition coefficient (Wildman–Crippen LogP) is 8.14. The number of nitrogens with one attached hydrogen (secondary N) is 1. The summed E-state index contributed by atoms with van der Waals surface area (Å²) in [6.45, 7) is 15.0. The van der Waals surface area contributed by atoms with Crippen LogP contribution in [0.3, 0.4) is 0 Å². The molecule has 2 aromatic carbocycles. The number of halogens is 1. The van der Waals surface area contributed by atoms with Crippen molar-refractivity contribution in [3.63, 3.8) is 0 Å². The minimum absolute atomic E-state index is 0.696. The first-order valence-corrected chi connectivity index (χ1v) is 11.8. The van der Waals surface area contributed by atoms with E-state index in [-0.39, 0.29) is 0 Å². The molecule has 2 aromatic rings. The number of hydrogen-bond acceptors (Lipinski definition) is 2. The standard InChI is InChI=1S/C25H30BrN3.C2H6/c1-5-8-18-24(27-19-21-15-10-11-16-22(21)26)28-25(13-6-2)29(7-3)23-17-12-9-14-20(23)4;1-2/h6-7,9-18,27H,3,5,8,19H2,1-2,4H3;1-2H3/b13-6-,24-18+,28-25+;. The molecule has 0 bridgehead atoms. The summed E-state index contributed by atoms with van der Waals surface area (Å²) in [6.07, 6.45) is 10.00. The topological polar surface area (TPSA) is 27.6 Å². The average molecular weight is 483 g/mol. The summed E-state index contributed by atoms with van der Waals surface area (Å²) in [4.78, 5) is 6.98. The molecule has 0 radical (unpaired) electrons. The van der Waals surface area contributed by atoms with Gasteiger partial charge < -0.3 is 10.2 Å². The Labute approximate surface area is 197 Å². The van der Waals surface area contributed by atoms with Crippen LogP contribution in [0.5, 0.6) is 0 Å². The van der Waals surface area contributed by atoms with E-state index in [1.54, 1.807) is 0 Å². The van der Waals surface area contributed by atoms with Gasteiger partial charge in [0.2, 0.25) is 0 Å². The Morgan fingerprint density at radius 1 is 1.13 bits per heavy atom. The van der Waals surface area contributed by atoms with Crippen molar-refractivity contribution >= 4 is 27.5 Å². The quantitative estimate of drug-likeness (QED) is 0.289. The molecule has 0 heterocycles. The number of para-hydroxylation sites is 1. The Hall–Kier alpha value is -2.59. The highest BCUT2D eigenvalue weighted by Crippen LogP contribution is 2.21. The van der Waals surface area contributed by atoms with Gasteiger partial charge in [-0.3, -0.25) is 0 Å². The first-order chi connectivity index (χ1) is 15.1. The van der Waals surface area contributed by atoms with E-state index in [0.29, 0.717) is 6.54 Å². The van der Waals surface area contributed by atoms with Crippen molar-refractivity contribution in [2.45, 2.75) is 54.0 Å². The van der Waals surface area contributed by atoms with E-state index in [9.17, 15) is 0 Å². The zero-order chi connectivity index (χ0) is 23.1. The summed E-state index contributed by atoms with van der Waals surface area (Å²) in [5, 5.41) is 3.49. The van der Waals surface area contributed by atoms with Crippen molar-refractivity contribution in [2.75, 3.05) is 4.90 Å². The van der Waals surface area contributed by atoms with Crippen LogP contribution in [0.1, 0.15) is 51.7 Å². The molecule has 4 heteroatoms. The second kappa shape index (κ2) is 15.2. The van der Waals surface area contributed by atoms with Crippen LogP contribution in [0.15, 0.2) is 94.8 Å². The summed E-state index contributed by atoms with van der Waals surface area (Å²) in [6, 6.07) is 16.5. The molecule has 0 aliphatic rings. The van der Waals surface area contributed by atoms with Gasteiger partial charge in [0.1, 0.15) is 11.7 Å². The highest BCUT2D eigenvalue weighted by atomic mass is 79.9. The van der Waals surface area contributed by atoms with Crippen molar-refractivity contribution in [3.8, 4) is 0 Å². The number of aryl methyl sites for hydroxylation is 1. The van der Waals surface area contributed by atoms with Crippen LogP contribution in [0.2, 0.25) is 0 Å². The minimum Gasteiger partial charge on any atom is -0.366 e. The molecule has 0 unspecified atom stereocenters. The summed E-state index contributed by atoms with van der Waals surface area (Å²) < 4.78 is 1.09. The monoisotopic (exact) mass is 481 g/mol. The summed E-state index contributed by atoms with van der Waals surface area (Å²) in [7, 11) is 0. The van der Waals surface area contributed by atoms with E-state index in [4.69, 9.17) is 4.99 Å². The summed E-state index contributed by atoms with van der Waals surface area (Å²) >= 11 is 3.62. The molecule has 31 heavy (non-hydrogen) atoms. The maximum Gasteiger partial charge on any atom is 0.139 e. The molecule has 0 amide bonds. The van der Waals surface area contributed by atoms with Gasteiger partial charge in [-0.2, -0.15) is 0 Å². The smallest absolute Gasteiger partial charge is 0.139 e. The molecule has 2 rings (SSSR count). The lowest BCUT2D eigenvalue weighted by atomic mass is 10.2. The van der Waals surface area contributed by atoms with Gasteiger partial charge in [0.25, 0.3) is 0 Å². The van der Waals surface area contributed by atoms with Crippen molar-refractivity contribution in [2.24, 2.45) is 4.99 Å². The lowest BCUT2D eigenvalue weighted by molar-refractivity contribution is 0.782. The third-order valence-corrected chi connectivity index (χ3v) is 5.17. The summed E-state index contributed by atoms with van der Waals surface area (Å²) in [5.74, 6) is 1.68. The zero-order valence-corrected chi connectivity index (χ0v) is 21.1. The Kier molecular flexibility index (Phi) is 13.0. The van der Waals surface area contributed by atoms with Gasteiger partial charge >= 0.3 is 0 Å². The number of rotatable bonds is 9. The van der Waals surface area contributed by atoms with E-state index in [1.807, 2.05) is 68.3 Å². The number of amidine groups is 1. The lowest BCUT2D eigenvalue weighted by Gasteiger charge is -2.23. The van der Waals surface area contributed by atoms with Crippen molar-refractivity contribution in [3.05, 3.63) is 101 Å². The van der Waals surface area contributed by atoms with Gasteiger partial charge in [-0.15, -0.1) is 0 Å². The number of benzene rings is 2. The third kappa shape index (κ3) is 8.58. The van der Waals surface area contributed by atoms with Crippen molar-refractivity contribution in [1.29, 1.82) is 0 Å². The van der Waals surface area contributed by atoms with Crippen molar-refractivity contribution < 1.29 is 0 Å². The Morgan fingerprint density at radius 2 is 1.81 bits per heavy atom. The zero-order valence-electron chi connectivity index (χ0n) is 19.5. The fourth-order valence-corrected chi connectivity index (χ4v) is 3.28. The molecule has 0 aliphatic carbocycles. The van der Waals surface area contributed by atoms with E-state index >= 15 is 0 Å². The molecule has 0 fully saturated rings.